The molecule has 17 heavy (non-hydrogen) atoms. The van der Waals surface area contributed by atoms with Crippen molar-refractivity contribution in [2.75, 3.05) is 13.2 Å². The quantitative estimate of drug-likeness (QED) is 0.896. The fourth-order valence-corrected chi connectivity index (χ4v) is 3.33. The van der Waals surface area contributed by atoms with Crippen molar-refractivity contribution in [1.29, 1.82) is 0 Å². The van der Waals surface area contributed by atoms with Crippen molar-refractivity contribution >= 4 is 22.9 Å². The van der Waals surface area contributed by atoms with E-state index in [-0.39, 0.29) is 6.61 Å². The monoisotopic (exact) mass is 275 g/mol. The summed E-state index contributed by atoms with van der Waals surface area (Å²) in [6.07, 6.45) is 6.39. The number of rotatable bonds is 5. The van der Waals surface area contributed by atoms with E-state index in [1.54, 1.807) is 0 Å². The van der Waals surface area contributed by atoms with Crippen molar-refractivity contribution in [3.05, 3.63) is 9.47 Å². The Labute approximate surface area is 111 Å². The number of nitrogens with zero attached hydrogens (tertiary/aromatic N) is 3. The van der Waals surface area contributed by atoms with Gasteiger partial charge in [0, 0.05) is 12.6 Å². The van der Waals surface area contributed by atoms with Gasteiger partial charge >= 0.3 is 0 Å². The summed E-state index contributed by atoms with van der Waals surface area (Å²) >= 11 is 7.21. The molecular formula is C11H18ClN3OS. The topological polar surface area (TPSA) is 49.2 Å². The van der Waals surface area contributed by atoms with E-state index >= 15 is 0 Å². The molecule has 1 heterocycles. The first-order valence-corrected chi connectivity index (χ1v) is 7.32. The van der Waals surface area contributed by atoms with Crippen molar-refractivity contribution in [3.63, 3.8) is 0 Å². The highest BCUT2D eigenvalue weighted by Gasteiger charge is 2.21. The fourth-order valence-electron chi connectivity index (χ4n) is 2.44. The Kier molecular flexibility index (Phi) is 5.16. The molecule has 96 valence electrons. The van der Waals surface area contributed by atoms with Crippen molar-refractivity contribution in [2.45, 2.75) is 44.7 Å². The van der Waals surface area contributed by atoms with E-state index in [0.717, 1.165) is 11.6 Å². The average molecular weight is 276 g/mol. The molecule has 0 aliphatic heterocycles. The second-order valence-corrected chi connectivity index (χ2v) is 6.08. The summed E-state index contributed by atoms with van der Waals surface area (Å²) < 4.78 is 0.493. The smallest absolute Gasteiger partial charge is 0.207 e. The molecule has 0 amide bonds. The molecule has 1 aliphatic rings. The molecule has 2 rings (SSSR count). The first-order valence-electron chi connectivity index (χ1n) is 6.12. The number of halogens is 1. The summed E-state index contributed by atoms with van der Waals surface area (Å²) in [5.74, 6) is 0. The van der Waals surface area contributed by atoms with Crippen LogP contribution in [0.15, 0.2) is 0 Å². The van der Waals surface area contributed by atoms with Gasteiger partial charge in [0.05, 0.1) is 13.2 Å². The Morgan fingerprint density at radius 2 is 2.06 bits per heavy atom. The first-order chi connectivity index (χ1) is 8.29. The Morgan fingerprint density at radius 1 is 1.29 bits per heavy atom. The van der Waals surface area contributed by atoms with Crippen LogP contribution in [0.3, 0.4) is 0 Å². The molecule has 0 aromatic carbocycles. The summed E-state index contributed by atoms with van der Waals surface area (Å²) in [6, 6.07) is 0.582. The Balaban J connectivity index is 1.95. The summed E-state index contributed by atoms with van der Waals surface area (Å²) in [5, 5.41) is 18.0. The van der Waals surface area contributed by atoms with Crippen LogP contribution in [0.5, 0.6) is 0 Å². The minimum atomic E-state index is 0.197. The molecule has 1 N–H and O–H groups in total. The Morgan fingerprint density at radius 3 is 2.65 bits per heavy atom. The predicted octanol–water partition coefficient (Wildman–Crippen LogP) is 2.32. The highest BCUT2D eigenvalue weighted by Crippen LogP contribution is 2.25. The van der Waals surface area contributed by atoms with Gasteiger partial charge in [0.15, 0.2) is 0 Å². The highest BCUT2D eigenvalue weighted by atomic mass is 35.5. The van der Waals surface area contributed by atoms with Gasteiger partial charge in [-0.15, -0.1) is 10.2 Å². The molecule has 4 nitrogen and oxygen atoms in total. The maximum atomic E-state index is 9.15. The van der Waals surface area contributed by atoms with Crippen LogP contribution < -0.4 is 0 Å². The molecule has 0 radical (unpaired) electrons. The molecule has 0 bridgehead atoms. The van der Waals surface area contributed by atoms with Gasteiger partial charge in [-0.25, -0.2) is 0 Å². The lowest BCUT2D eigenvalue weighted by atomic mass is 9.94. The number of aliphatic hydroxyl groups is 1. The summed E-state index contributed by atoms with van der Waals surface area (Å²) in [7, 11) is 0. The van der Waals surface area contributed by atoms with Crippen molar-refractivity contribution in [2.24, 2.45) is 0 Å². The van der Waals surface area contributed by atoms with Gasteiger partial charge in [-0.1, -0.05) is 30.6 Å². The molecule has 1 aromatic heterocycles. The zero-order chi connectivity index (χ0) is 12.1. The molecule has 6 heteroatoms. The highest BCUT2D eigenvalue weighted by molar-refractivity contribution is 7.15. The molecule has 0 atom stereocenters. The lowest BCUT2D eigenvalue weighted by molar-refractivity contribution is 0.117. The van der Waals surface area contributed by atoms with E-state index in [4.69, 9.17) is 16.7 Å². The zero-order valence-corrected chi connectivity index (χ0v) is 11.4. The third kappa shape index (κ3) is 3.88. The lowest BCUT2D eigenvalue weighted by Gasteiger charge is -2.33. The van der Waals surface area contributed by atoms with Gasteiger partial charge in [0.2, 0.25) is 4.47 Å². The normalized spacial score (nSPS) is 17.8. The average Bonchev–Trinajstić information content (AvgIpc) is 2.75. The fraction of sp³-hybridized carbons (Fsp3) is 0.818. The zero-order valence-electron chi connectivity index (χ0n) is 9.81. The minimum Gasteiger partial charge on any atom is -0.395 e. The van der Waals surface area contributed by atoms with Gasteiger partial charge in [-0.3, -0.25) is 4.90 Å². The molecule has 1 saturated carbocycles. The van der Waals surface area contributed by atoms with E-state index in [1.165, 1.54) is 43.4 Å². The standard InChI is InChI=1S/C11H18ClN3OS/c12-11-14-13-10(17-11)8-15(6-7-16)9-4-2-1-3-5-9/h9,16H,1-8H2. The van der Waals surface area contributed by atoms with Crippen LogP contribution in [0, 0.1) is 0 Å². The number of aromatic nitrogens is 2. The van der Waals surface area contributed by atoms with Crippen LogP contribution in [-0.4, -0.2) is 39.4 Å². The van der Waals surface area contributed by atoms with Crippen LogP contribution in [0.2, 0.25) is 4.47 Å². The summed E-state index contributed by atoms with van der Waals surface area (Å²) in [5.41, 5.74) is 0. The van der Waals surface area contributed by atoms with Crippen LogP contribution in [0.25, 0.3) is 0 Å². The second-order valence-electron chi connectivity index (χ2n) is 4.43. The molecule has 1 aliphatic carbocycles. The van der Waals surface area contributed by atoms with Gasteiger partial charge in [-0.05, 0) is 24.4 Å². The Hall–Kier alpha value is -0.230. The van der Waals surface area contributed by atoms with E-state index in [1.807, 2.05) is 0 Å². The van der Waals surface area contributed by atoms with Gasteiger partial charge in [-0.2, -0.15) is 0 Å². The first kappa shape index (κ1) is 13.2. The summed E-state index contributed by atoms with van der Waals surface area (Å²) in [4.78, 5) is 2.32. The Bertz CT molecular complexity index is 341. The van der Waals surface area contributed by atoms with Crippen molar-refractivity contribution in [1.82, 2.24) is 15.1 Å². The lowest BCUT2D eigenvalue weighted by Crippen LogP contribution is -2.38. The van der Waals surface area contributed by atoms with Crippen LogP contribution in [0.1, 0.15) is 37.1 Å². The van der Waals surface area contributed by atoms with E-state index < -0.39 is 0 Å². The van der Waals surface area contributed by atoms with Crippen LogP contribution in [-0.2, 0) is 6.54 Å². The molecule has 0 saturated heterocycles. The predicted molar refractivity (Wildman–Crippen MR) is 69.3 cm³/mol. The molecule has 1 aromatic rings. The van der Waals surface area contributed by atoms with Crippen LogP contribution >= 0.6 is 22.9 Å². The van der Waals surface area contributed by atoms with Crippen LogP contribution in [0.4, 0.5) is 0 Å². The maximum absolute atomic E-state index is 9.15. The molecule has 0 spiro atoms. The van der Waals surface area contributed by atoms with Gasteiger partial charge < -0.3 is 5.11 Å². The number of hydrogen-bond donors (Lipinski definition) is 1. The second kappa shape index (κ2) is 6.64. The molecular weight excluding hydrogens is 258 g/mol. The minimum absolute atomic E-state index is 0.197. The molecule has 0 unspecified atom stereocenters. The summed E-state index contributed by atoms with van der Waals surface area (Å²) in [6.45, 7) is 1.67. The van der Waals surface area contributed by atoms with Crippen molar-refractivity contribution < 1.29 is 5.11 Å². The SMILES string of the molecule is OCCN(Cc1nnc(Cl)s1)C1CCCCC1. The van der Waals surface area contributed by atoms with E-state index in [9.17, 15) is 0 Å². The number of hydrogen-bond acceptors (Lipinski definition) is 5. The van der Waals surface area contributed by atoms with E-state index in [2.05, 4.69) is 15.1 Å². The molecule has 1 fully saturated rings. The van der Waals surface area contributed by atoms with E-state index in [0.29, 0.717) is 17.1 Å². The maximum Gasteiger partial charge on any atom is 0.207 e. The van der Waals surface area contributed by atoms with Gasteiger partial charge in [0.1, 0.15) is 5.01 Å². The van der Waals surface area contributed by atoms with Crippen molar-refractivity contribution in [3.8, 4) is 0 Å². The largest absolute Gasteiger partial charge is 0.395 e. The number of aliphatic hydroxyl groups excluding tert-OH is 1. The van der Waals surface area contributed by atoms with Gasteiger partial charge in [0.25, 0.3) is 0 Å². The third-order valence-corrected chi connectivity index (χ3v) is 4.26. The third-order valence-electron chi connectivity index (χ3n) is 3.26.